The highest BCUT2D eigenvalue weighted by atomic mass is 19.1. The number of hydrogen-bond donors (Lipinski definition) is 2. The Morgan fingerprint density at radius 3 is 2.72 bits per heavy atom. The van der Waals surface area contributed by atoms with Crippen LogP contribution in [0.25, 0.3) is 0 Å². The van der Waals surface area contributed by atoms with E-state index in [1.807, 2.05) is 25.8 Å². The lowest BCUT2D eigenvalue weighted by Gasteiger charge is -2.22. The zero-order valence-corrected chi connectivity index (χ0v) is 11.0. The van der Waals surface area contributed by atoms with Gasteiger partial charge in [-0.25, -0.2) is 4.39 Å². The third kappa shape index (κ3) is 3.70. The minimum atomic E-state index is -0.475. The smallest absolute Gasteiger partial charge is 0.136 e. The lowest BCUT2D eigenvalue weighted by Crippen LogP contribution is -2.27. The number of anilines is 1. The van der Waals surface area contributed by atoms with Gasteiger partial charge in [-0.05, 0) is 26.0 Å². The molecule has 0 bridgehead atoms. The molecule has 4 nitrogen and oxygen atoms in total. The summed E-state index contributed by atoms with van der Waals surface area (Å²) in [6.45, 7) is 5.08. The van der Waals surface area contributed by atoms with Crippen LogP contribution in [0.2, 0.25) is 0 Å². The molecule has 0 spiro atoms. The molecule has 0 aliphatic rings. The van der Waals surface area contributed by atoms with Gasteiger partial charge in [-0.1, -0.05) is 6.07 Å². The highest BCUT2D eigenvalue weighted by Crippen LogP contribution is 2.21. The van der Waals surface area contributed by atoms with Gasteiger partial charge in [-0.3, -0.25) is 5.41 Å². The fourth-order valence-corrected chi connectivity index (χ4v) is 1.64. The van der Waals surface area contributed by atoms with E-state index in [2.05, 4.69) is 0 Å². The molecular formula is C13H20FN3O. The van der Waals surface area contributed by atoms with Crippen LogP contribution in [0.15, 0.2) is 18.2 Å². The molecule has 0 saturated heterocycles. The van der Waals surface area contributed by atoms with E-state index >= 15 is 0 Å². The van der Waals surface area contributed by atoms with Gasteiger partial charge in [0.1, 0.15) is 11.7 Å². The van der Waals surface area contributed by atoms with Crippen molar-refractivity contribution in [2.24, 2.45) is 5.73 Å². The van der Waals surface area contributed by atoms with Gasteiger partial charge in [-0.15, -0.1) is 0 Å². The molecule has 0 aromatic heterocycles. The van der Waals surface area contributed by atoms with Gasteiger partial charge in [0.25, 0.3) is 0 Å². The summed E-state index contributed by atoms with van der Waals surface area (Å²) >= 11 is 0. The van der Waals surface area contributed by atoms with Crippen LogP contribution in [0.1, 0.15) is 19.4 Å². The second-order valence-corrected chi connectivity index (χ2v) is 4.39. The topological polar surface area (TPSA) is 62.3 Å². The van der Waals surface area contributed by atoms with E-state index in [9.17, 15) is 4.39 Å². The van der Waals surface area contributed by atoms with Crippen molar-refractivity contribution in [2.45, 2.75) is 20.0 Å². The number of ether oxygens (including phenoxy) is 1. The van der Waals surface area contributed by atoms with Crippen LogP contribution in [-0.2, 0) is 4.74 Å². The molecule has 1 aromatic carbocycles. The Labute approximate surface area is 107 Å². The zero-order valence-electron chi connectivity index (χ0n) is 11.0. The Kier molecular flexibility index (Phi) is 5.09. The van der Waals surface area contributed by atoms with Gasteiger partial charge in [0.15, 0.2) is 0 Å². The summed E-state index contributed by atoms with van der Waals surface area (Å²) in [4.78, 5) is 1.84. The Morgan fingerprint density at radius 1 is 1.50 bits per heavy atom. The maximum atomic E-state index is 13.6. The van der Waals surface area contributed by atoms with E-state index in [0.717, 1.165) is 0 Å². The number of halogens is 1. The van der Waals surface area contributed by atoms with Crippen LogP contribution in [-0.4, -0.2) is 32.1 Å². The van der Waals surface area contributed by atoms with Crippen LogP contribution in [0.4, 0.5) is 10.1 Å². The van der Waals surface area contributed by atoms with Gasteiger partial charge in [-0.2, -0.15) is 0 Å². The first-order valence-corrected chi connectivity index (χ1v) is 5.89. The molecule has 1 aromatic rings. The Bertz CT molecular complexity index is 421. The minimum absolute atomic E-state index is 0.143. The lowest BCUT2D eigenvalue weighted by molar-refractivity contribution is 0.0846. The van der Waals surface area contributed by atoms with Crippen LogP contribution in [0, 0.1) is 11.2 Å². The quantitative estimate of drug-likeness (QED) is 0.602. The molecule has 0 atom stereocenters. The van der Waals surface area contributed by atoms with Crippen molar-refractivity contribution < 1.29 is 9.13 Å². The van der Waals surface area contributed by atoms with E-state index in [1.165, 1.54) is 6.07 Å². The highest BCUT2D eigenvalue weighted by molar-refractivity contribution is 6.00. The predicted octanol–water partition coefficient (Wildman–Crippen LogP) is 1.97. The molecule has 0 heterocycles. The Morgan fingerprint density at radius 2 is 2.17 bits per heavy atom. The molecule has 1 rings (SSSR count). The van der Waals surface area contributed by atoms with Crippen LogP contribution in [0.3, 0.4) is 0 Å². The van der Waals surface area contributed by atoms with Gasteiger partial charge >= 0.3 is 0 Å². The first-order chi connectivity index (χ1) is 8.43. The van der Waals surface area contributed by atoms with Crippen molar-refractivity contribution in [3.8, 4) is 0 Å². The summed E-state index contributed by atoms with van der Waals surface area (Å²) in [5, 5.41) is 7.44. The molecule has 0 amide bonds. The fraction of sp³-hybridized carbons (Fsp3) is 0.462. The number of rotatable bonds is 6. The van der Waals surface area contributed by atoms with Gasteiger partial charge in [0, 0.05) is 13.6 Å². The van der Waals surface area contributed by atoms with Crippen molar-refractivity contribution in [2.75, 3.05) is 25.1 Å². The Balaban J connectivity index is 2.82. The van der Waals surface area contributed by atoms with Crippen molar-refractivity contribution in [1.29, 1.82) is 5.41 Å². The van der Waals surface area contributed by atoms with E-state index in [4.69, 9.17) is 15.9 Å². The van der Waals surface area contributed by atoms with Crippen LogP contribution >= 0.6 is 0 Å². The van der Waals surface area contributed by atoms with Crippen molar-refractivity contribution >= 4 is 11.5 Å². The largest absolute Gasteiger partial charge is 0.384 e. The van der Waals surface area contributed by atoms with Crippen molar-refractivity contribution in [1.82, 2.24) is 0 Å². The summed E-state index contributed by atoms with van der Waals surface area (Å²) in [5.41, 5.74) is 6.16. The maximum Gasteiger partial charge on any atom is 0.136 e. The molecule has 0 aliphatic heterocycles. The molecule has 5 heteroatoms. The number of likely N-dealkylation sites (N-methyl/N-ethyl adjacent to an activating group) is 1. The molecule has 0 radical (unpaired) electrons. The average molecular weight is 253 g/mol. The summed E-state index contributed by atoms with van der Waals surface area (Å²) in [7, 11) is 1.82. The molecule has 0 fully saturated rings. The summed E-state index contributed by atoms with van der Waals surface area (Å²) in [6, 6.07) is 4.66. The SMILES string of the molecule is CC(C)OCCN(C)c1cccc(F)c1C(=N)N. The van der Waals surface area contributed by atoms with Crippen molar-refractivity contribution in [3.63, 3.8) is 0 Å². The molecule has 0 aliphatic carbocycles. The third-order valence-corrected chi connectivity index (χ3v) is 2.55. The normalized spacial score (nSPS) is 10.7. The number of nitrogens with zero attached hydrogens (tertiary/aromatic N) is 1. The number of hydrogen-bond acceptors (Lipinski definition) is 3. The standard InChI is InChI=1S/C13H20FN3O/c1-9(2)18-8-7-17(3)11-6-4-5-10(14)12(11)13(15)16/h4-6,9H,7-8H2,1-3H3,(H3,15,16). The summed E-state index contributed by atoms with van der Waals surface area (Å²) < 4.78 is 19.1. The minimum Gasteiger partial charge on any atom is -0.384 e. The number of nitrogen functional groups attached to an aromatic ring is 1. The third-order valence-electron chi connectivity index (χ3n) is 2.55. The van der Waals surface area contributed by atoms with Crippen molar-refractivity contribution in [3.05, 3.63) is 29.6 Å². The number of nitrogens with two attached hydrogens (primary N) is 1. The van der Waals surface area contributed by atoms with E-state index in [1.54, 1.807) is 12.1 Å². The van der Waals surface area contributed by atoms with E-state index in [0.29, 0.717) is 18.8 Å². The predicted molar refractivity (Wildman–Crippen MR) is 71.8 cm³/mol. The summed E-state index contributed by atoms with van der Waals surface area (Å²) in [5.74, 6) is -0.739. The Hall–Kier alpha value is -1.62. The molecule has 0 unspecified atom stereocenters. The van der Waals surface area contributed by atoms with Crippen LogP contribution in [0.5, 0.6) is 0 Å². The number of amidine groups is 1. The fourth-order valence-electron chi connectivity index (χ4n) is 1.64. The first kappa shape index (κ1) is 14.4. The second kappa shape index (κ2) is 6.35. The molecule has 0 saturated carbocycles. The molecule has 3 N–H and O–H groups in total. The highest BCUT2D eigenvalue weighted by Gasteiger charge is 2.14. The second-order valence-electron chi connectivity index (χ2n) is 4.39. The number of nitrogens with one attached hydrogen (secondary N) is 1. The monoisotopic (exact) mass is 253 g/mol. The van der Waals surface area contributed by atoms with Crippen LogP contribution < -0.4 is 10.6 Å². The maximum absolute atomic E-state index is 13.6. The van der Waals surface area contributed by atoms with Gasteiger partial charge in [0.05, 0.1) is 24.0 Å². The molecular weight excluding hydrogens is 233 g/mol. The first-order valence-electron chi connectivity index (χ1n) is 5.89. The lowest BCUT2D eigenvalue weighted by atomic mass is 10.1. The molecule has 18 heavy (non-hydrogen) atoms. The molecule has 100 valence electrons. The van der Waals surface area contributed by atoms with Gasteiger partial charge < -0.3 is 15.4 Å². The zero-order chi connectivity index (χ0) is 13.7. The number of benzene rings is 1. The summed E-state index contributed by atoms with van der Waals surface area (Å²) in [6.07, 6.45) is 0.165. The van der Waals surface area contributed by atoms with E-state index < -0.39 is 5.82 Å². The van der Waals surface area contributed by atoms with Gasteiger partial charge in [0.2, 0.25) is 0 Å². The van der Waals surface area contributed by atoms with E-state index in [-0.39, 0.29) is 17.5 Å². The average Bonchev–Trinajstić information content (AvgIpc) is 2.27.